The number of aromatic nitrogens is 5. The molecule has 1 atom stereocenters. The van der Waals surface area contributed by atoms with E-state index < -0.39 is 17.3 Å². The summed E-state index contributed by atoms with van der Waals surface area (Å²) in [6.07, 6.45) is -0.712. The average molecular weight is 544 g/mol. The second kappa shape index (κ2) is 9.33. The Kier molecular flexibility index (Phi) is 6.05. The summed E-state index contributed by atoms with van der Waals surface area (Å²) in [7, 11) is 1.83. The van der Waals surface area contributed by atoms with Crippen LogP contribution < -0.4 is 20.1 Å². The summed E-state index contributed by atoms with van der Waals surface area (Å²) in [4.78, 5) is 11.6. The molecule has 0 aliphatic carbocycles. The molecular weight excluding hydrogens is 515 g/mol. The summed E-state index contributed by atoms with van der Waals surface area (Å²) < 4.78 is 61.1. The first kappa shape index (κ1) is 25.3. The largest absolute Gasteiger partial charge is 0.485 e. The second-order valence-electron chi connectivity index (χ2n) is 10.2. The summed E-state index contributed by atoms with van der Waals surface area (Å²) in [6.45, 7) is 5.13. The molecule has 39 heavy (non-hydrogen) atoms. The normalized spacial score (nSPS) is 18.8. The fraction of sp³-hybridized carbons (Fsp3) is 0.423. The molecule has 0 radical (unpaired) electrons. The molecule has 1 saturated heterocycles. The number of hydrogen-bond donors (Lipinski definition) is 3. The number of hydrogen-bond acceptors (Lipinski definition) is 8. The van der Waals surface area contributed by atoms with Crippen LogP contribution in [0.25, 0.3) is 22.3 Å². The minimum absolute atomic E-state index is 0.0613. The first-order valence-corrected chi connectivity index (χ1v) is 12.6. The third-order valence-corrected chi connectivity index (χ3v) is 6.91. The Morgan fingerprint density at radius 1 is 1.08 bits per heavy atom. The summed E-state index contributed by atoms with van der Waals surface area (Å²) in [5.41, 5.74) is 1.00. The van der Waals surface area contributed by atoms with Gasteiger partial charge in [0.2, 0.25) is 5.95 Å². The summed E-state index contributed by atoms with van der Waals surface area (Å²) in [5.74, 6) is 1.21. The average Bonchev–Trinajstić information content (AvgIpc) is 3.50. The molecular formula is C26H28F3N7O3. The standard InChI is InChI=1S/C26H28F3N7O3/c1-25(2)12-14(7-9-39-25)32-23-19-16(26(27,28)29)13-30-22(19)34-24(35-23)33-17-5-4-15(18-6-8-31-36(18)3)20-21(17)38-11-10-37-20/h4-6,8,13-14H,7,9-12H2,1-3H3,(H3,30,32,33,34,35). The van der Waals surface area contributed by atoms with Gasteiger partial charge in [0, 0.05) is 37.7 Å². The topological polar surface area (TPSA) is 111 Å². The number of H-pyrrole nitrogens is 1. The van der Waals surface area contributed by atoms with E-state index in [1.54, 1.807) is 16.9 Å². The predicted octanol–water partition coefficient (Wildman–Crippen LogP) is 5.26. The lowest BCUT2D eigenvalue weighted by Crippen LogP contribution is -2.40. The van der Waals surface area contributed by atoms with E-state index >= 15 is 0 Å². The lowest BCUT2D eigenvalue weighted by Gasteiger charge is -2.36. The number of nitrogens with one attached hydrogen (secondary N) is 3. The van der Waals surface area contributed by atoms with Gasteiger partial charge < -0.3 is 29.8 Å². The molecule has 2 aliphatic rings. The molecule has 3 aromatic heterocycles. The molecule has 6 rings (SSSR count). The number of fused-ring (bicyclic) bond motifs is 2. The van der Waals surface area contributed by atoms with E-state index in [9.17, 15) is 13.2 Å². The van der Waals surface area contributed by atoms with Crippen LogP contribution in [0.5, 0.6) is 11.5 Å². The van der Waals surface area contributed by atoms with Crippen molar-refractivity contribution in [2.75, 3.05) is 30.5 Å². The number of benzene rings is 1. The van der Waals surface area contributed by atoms with Gasteiger partial charge in [-0.3, -0.25) is 4.68 Å². The van der Waals surface area contributed by atoms with Crippen molar-refractivity contribution in [2.45, 2.75) is 44.5 Å². The number of anilines is 3. The van der Waals surface area contributed by atoms with E-state index in [2.05, 4.69) is 30.7 Å². The van der Waals surface area contributed by atoms with Crippen LogP contribution in [0.15, 0.2) is 30.6 Å². The Balaban J connectivity index is 1.40. The molecule has 5 heterocycles. The number of nitrogens with zero attached hydrogens (tertiary/aromatic N) is 4. The van der Waals surface area contributed by atoms with E-state index in [-0.39, 0.29) is 28.8 Å². The van der Waals surface area contributed by atoms with Gasteiger partial charge in [-0.2, -0.15) is 28.2 Å². The number of ether oxygens (including phenoxy) is 3. The molecule has 3 N–H and O–H groups in total. The molecule has 2 aliphatic heterocycles. The zero-order chi connectivity index (χ0) is 27.4. The number of aryl methyl sites for hydroxylation is 1. The van der Waals surface area contributed by atoms with Crippen LogP contribution in [0.2, 0.25) is 0 Å². The van der Waals surface area contributed by atoms with Crippen LogP contribution >= 0.6 is 0 Å². The van der Waals surface area contributed by atoms with Gasteiger partial charge in [0.05, 0.1) is 27.9 Å². The Morgan fingerprint density at radius 3 is 2.59 bits per heavy atom. The van der Waals surface area contributed by atoms with Crippen LogP contribution in [-0.4, -0.2) is 56.2 Å². The lowest BCUT2D eigenvalue weighted by molar-refractivity contribution is -0.136. The van der Waals surface area contributed by atoms with Crippen molar-refractivity contribution in [3.05, 3.63) is 36.2 Å². The van der Waals surface area contributed by atoms with Gasteiger partial charge in [0.25, 0.3) is 0 Å². The van der Waals surface area contributed by atoms with Crippen LogP contribution in [0.4, 0.5) is 30.6 Å². The van der Waals surface area contributed by atoms with Gasteiger partial charge in [0.15, 0.2) is 11.5 Å². The fourth-order valence-electron chi connectivity index (χ4n) is 5.16. The predicted molar refractivity (Wildman–Crippen MR) is 138 cm³/mol. The van der Waals surface area contributed by atoms with E-state index in [4.69, 9.17) is 14.2 Å². The zero-order valence-electron chi connectivity index (χ0n) is 21.6. The molecule has 4 aromatic rings. The zero-order valence-corrected chi connectivity index (χ0v) is 21.6. The van der Waals surface area contributed by atoms with Crippen molar-refractivity contribution in [3.8, 4) is 22.8 Å². The van der Waals surface area contributed by atoms with Crippen LogP contribution in [0.3, 0.4) is 0 Å². The highest BCUT2D eigenvalue weighted by Gasteiger charge is 2.37. The van der Waals surface area contributed by atoms with Gasteiger partial charge in [0.1, 0.15) is 24.7 Å². The number of alkyl halides is 3. The van der Waals surface area contributed by atoms with E-state index in [0.717, 1.165) is 17.5 Å². The smallest absolute Gasteiger partial charge is 0.418 e. The third kappa shape index (κ3) is 4.82. The van der Waals surface area contributed by atoms with Crippen molar-refractivity contribution in [1.29, 1.82) is 0 Å². The molecule has 206 valence electrons. The Hall–Kier alpha value is -4.00. The number of rotatable bonds is 5. The van der Waals surface area contributed by atoms with Gasteiger partial charge in [-0.15, -0.1) is 0 Å². The number of aromatic amines is 1. The van der Waals surface area contributed by atoms with E-state index in [1.165, 1.54) is 0 Å². The number of halogens is 3. The Labute approximate surface area is 221 Å². The molecule has 0 saturated carbocycles. The summed E-state index contributed by atoms with van der Waals surface area (Å²) in [6, 6.07) is 5.41. The van der Waals surface area contributed by atoms with Gasteiger partial charge >= 0.3 is 6.18 Å². The molecule has 1 unspecified atom stereocenters. The lowest BCUT2D eigenvalue weighted by atomic mass is 9.94. The van der Waals surface area contributed by atoms with Crippen molar-refractivity contribution >= 4 is 28.5 Å². The SMILES string of the molecule is Cn1nccc1-c1ccc(Nc2nc(NC3CCOC(C)(C)C3)c3c(C(F)(F)F)c[nH]c3n2)c2c1OCCO2. The molecule has 13 heteroatoms. The van der Waals surface area contributed by atoms with E-state index in [1.807, 2.05) is 33.0 Å². The van der Waals surface area contributed by atoms with Crippen LogP contribution in [0.1, 0.15) is 32.3 Å². The Morgan fingerprint density at radius 2 is 1.87 bits per heavy atom. The molecule has 1 fully saturated rings. The van der Waals surface area contributed by atoms with Gasteiger partial charge in [-0.05, 0) is 44.9 Å². The van der Waals surface area contributed by atoms with Crippen LogP contribution in [-0.2, 0) is 18.0 Å². The van der Waals surface area contributed by atoms with Crippen LogP contribution in [0, 0.1) is 0 Å². The van der Waals surface area contributed by atoms with Crippen molar-refractivity contribution in [3.63, 3.8) is 0 Å². The fourth-order valence-corrected chi connectivity index (χ4v) is 5.16. The highest BCUT2D eigenvalue weighted by Crippen LogP contribution is 2.46. The van der Waals surface area contributed by atoms with Crippen molar-refractivity contribution in [1.82, 2.24) is 24.7 Å². The third-order valence-electron chi connectivity index (χ3n) is 6.91. The van der Waals surface area contributed by atoms with Crippen molar-refractivity contribution in [2.24, 2.45) is 7.05 Å². The summed E-state index contributed by atoms with van der Waals surface area (Å²) >= 11 is 0. The first-order valence-electron chi connectivity index (χ1n) is 12.6. The maximum absolute atomic E-state index is 13.9. The molecule has 1 aromatic carbocycles. The highest BCUT2D eigenvalue weighted by atomic mass is 19.4. The maximum Gasteiger partial charge on any atom is 0.418 e. The van der Waals surface area contributed by atoms with E-state index in [0.29, 0.717) is 49.8 Å². The molecule has 0 amide bonds. The van der Waals surface area contributed by atoms with Crippen molar-refractivity contribution < 1.29 is 27.4 Å². The Bertz CT molecular complexity index is 1530. The second-order valence-corrected chi connectivity index (χ2v) is 10.2. The van der Waals surface area contributed by atoms with Gasteiger partial charge in [-0.25, -0.2) is 0 Å². The first-order chi connectivity index (χ1) is 18.6. The monoisotopic (exact) mass is 543 g/mol. The molecule has 10 nitrogen and oxygen atoms in total. The van der Waals surface area contributed by atoms with Gasteiger partial charge in [-0.1, -0.05) is 0 Å². The minimum atomic E-state index is -4.58. The minimum Gasteiger partial charge on any atom is -0.485 e. The highest BCUT2D eigenvalue weighted by molar-refractivity contribution is 5.92. The molecule has 0 spiro atoms. The summed E-state index contributed by atoms with van der Waals surface area (Å²) in [5, 5.41) is 10.5. The quantitative estimate of drug-likeness (QED) is 0.313. The maximum atomic E-state index is 13.9. The molecule has 0 bridgehead atoms.